The Kier molecular flexibility index (Phi) is 9.20. The third-order valence-corrected chi connectivity index (χ3v) is 8.55. The number of nitrogens with one attached hydrogen (secondary N) is 1. The van der Waals surface area contributed by atoms with E-state index in [1.54, 1.807) is 18.4 Å². The van der Waals surface area contributed by atoms with E-state index >= 15 is 0 Å². The SMILES string of the molecule is CC(C)C(COCC1(c2ccc3ncnc(Nc4ccc(OCc5cccc(F)c5)c(Br)c4)c3c2)CC=CO1)=S(=O)=O. The molecule has 3 aromatic carbocycles. The summed E-state index contributed by atoms with van der Waals surface area (Å²) < 4.78 is 55.2. The van der Waals surface area contributed by atoms with Gasteiger partial charge in [0.15, 0.2) is 5.60 Å². The van der Waals surface area contributed by atoms with Crippen molar-refractivity contribution < 1.29 is 27.0 Å². The second-order valence-electron chi connectivity index (χ2n) is 10.2. The maximum atomic E-state index is 13.5. The molecule has 0 saturated heterocycles. The third-order valence-electron chi connectivity index (χ3n) is 6.91. The molecule has 2 heterocycles. The summed E-state index contributed by atoms with van der Waals surface area (Å²) in [6.07, 6.45) is 5.62. The first-order valence-corrected chi connectivity index (χ1v) is 15.2. The molecular weight excluding hydrogens is 625 g/mol. The van der Waals surface area contributed by atoms with Gasteiger partial charge in [-0.05, 0) is 81.5 Å². The Morgan fingerprint density at radius 3 is 2.71 bits per heavy atom. The molecule has 1 atom stereocenters. The zero-order valence-electron chi connectivity index (χ0n) is 23.0. The van der Waals surface area contributed by atoms with Crippen LogP contribution in [0.15, 0.2) is 83.8 Å². The van der Waals surface area contributed by atoms with Crippen molar-refractivity contribution in [3.63, 3.8) is 0 Å². The first-order chi connectivity index (χ1) is 20.2. The van der Waals surface area contributed by atoms with Crippen molar-refractivity contribution in [3.8, 4) is 5.75 Å². The van der Waals surface area contributed by atoms with Gasteiger partial charge in [-0.15, -0.1) is 0 Å². The molecule has 5 rings (SSSR count). The summed E-state index contributed by atoms with van der Waals surface area (Å²) in [7, 11) is -2.31. The van der Waals surface area contributed by atoms with Gasteiger partial charge >= 0.3 is 0 Å². The van der Waals surface area contributed by atoms with Crippen LogP contribution in [0.4, 0.5) is 15.9 Å². The number of rotatable bonds is 11. The lowest BCUT2D eigenvalue weighted by Crippen LogP contribution is -2.32. The fraction of sp³-hybridized carbons (Fsp3) is 0.258. The highest BCUT2D eigenvalue weighted by molar-refractivity contribution is 9.10. The molecule has 0 aliphatic carbocycles. The van der Waals surface area contributed by atoms with Crippen LogP contribution >= 0.6 is 15.9 Å². The molecule has 0 bridgehead atoms. The number of anilines is 2. The molecule has 1 aliphatic rings. The Bertz CT molecular complexity index is 1760. The number of ether oxygens (including phenoxy) is 3. The average Bonchev–Trinajstić information content (AvgIpc) is 3.44. The summed E-state index contributed by atoms with van der Waals surface area (Å²) in [5, 5.41) is 4.14. The second-order valence-corrected chi connectivity index (χ2v) is 12.0. The highest BCUT2D eigenvalue weighted by atomic mass is 79.9. The molecule has 0 fully saturated rings. The van der Waals surface area contributed by atoms with Crippen LogP contribution in [-0.2, 0) is 32.0 Å². The molecule has 4 aromatic rings. The zero-order valence-corrected chi connectivity index (χ0v) is 25.4. The third kappa shape index (κ3) is 6.80. The standard InChI is InChI=1S/C31H29BrFN3O5S/c1-20(2)29(42(37)38)17-39-18-31(11-4-12-41-31)22-7-9-27-25(14-22)30(35-19-34-27)36-24-8-10-28(26(32)15-24)40-16-21-5-3-6-23(33)13-21/h3-10,12-15,19-20H,11,16-18H2,1-2H3,(H,34,35,36). The van der Waals surface area contributed by atoms with Gasteiger partial charge in [-0.1, -0.05) is 32.0 Å². The molecule has 0 radical (unpaired) electrons. The van der Waals surface area contributed by atoms with Gasteiger partial charge < -0.3 is 19.5 Å². The van der Waals surface area contributed by atoms with Crippen LogP contribution in [0.5, 0.6) is 5.75 Å². The fourth-order valence-corrected chi connectivity index (χ4v) is 5.67. The van der Waals surface area contributed by atoms with Crippen LogP contribution in [0.2, 0.25) is 0 Å². The molecule has 218 valence electrons. The molecular formula is C31H29BrFN3O5S. The van der Waals surface area contributed by atoms with Crippen LogP contribution in [0, 0.1) is 11.7 Å². The van der Waals surface area contributed by atoms with Gasteiger partial charge in [0.1, 0.15) is 30.3 Å². The summed E-state index contributed by atoms with van der Waals surface area (Å²) in [6, 6.07) is 17.7. The van der Waals surface area contributed by atoms with E-state index in [2.05, 4.69) is 31.2 Å². The van der Waals surface area contributed by atoms with E-state index in [9.17, 15) is 12.8 Å². The van der Waals surface area contributed by atoms with Gasteiger partial charge in [0.25, 0.3) is 0 Å². The fourth-order valence-electron chi connectivity index (χ4n) is 4.61. The molecule has 0 saturated carbocycles. The first kappa shape index (κ1) is 29.7. The van der Waals surface area contributed by atoms with Crippen molar-refractivity contribution in [1.82, 2.24) is 9.97 Å². The Balaban J connectivity index is 1.36. The van der Waals surface area contributed by atoms with Gasteiger partial charge in [0.05, 0.1) is 34.3 Å². The van der Waals surface area contributed by atoms with Gasteiger partial charge in [-0.2, -0.15) is 8.42 Å². The van der Waals surface area contributed by atoms with Gasteiger partial charge in [0, 0.05) is 17.5 Å². The number of hydrogen-bond donors (Lipinski definition) is 1. The molecule has 1 aliphatic heterocycles. The summed E-state index contributed by atoms with van der Waals surface area (Å²) in [5.41, 5.74) is 2.29. The number of nitrogens with zero attached hydrogens (tertiary/aromatic N) is 2. The monoisotopic (exact) mass is 653 g/mol. The van der Waals surface area contributed by atoms with E-state index in [0.29, 0.717) is 22.9 Å². The number of benzene rings is 3. The van der Waals surface area contributed by atoms with Crippen molar-refractivity contribution in [2.75, 3.05) is 18.5 Å². The molecule has 1 aromatic heterocycles. The lowest BCUT2D eigenvalue weighted by molar-refractivity contribution is -0.0364. The summed E-state index contributed by atoms with van der Waals surface area (Å²) in [5.74, 6) is 0.759. The lowest BCUT2D eigenvalue weighted by Gasteiger charge is -2.29. The number of halogens is 2. The number of fused-ring (bicyclic) bond motifs is 1. The maximum Gasteiger partial charge on any atom is 0.215 e. The first-order valence-electron chi connectivity index (χ1n) is 13.3. The van der Waals surface area contributed by atoms with E-state index in [4.69, 9.17) is 14.2 Å². The minimum absolute atomic E-state index is 0.000785. The van der Waals surface area contributed by atoms with E-state index < -0.39 is 15.9 Å². The van der Waals surface area contributed by atoms with Crippen LogP contribution in [0.25, 0.3) is 10.9 Å². The van der Waals surface area contributed by atoms with Gasteiger partial charge in [0.2, 0.25) is 10.3 Å². The van der Waals surface area contributed by atoms with E-state index in [1.807, 2.05) is 56.3 Å². The van der Waals surface area contributed by atoms with Crippen LogP contribution < -0.4 is 10.1 Å². The van der Waals surface area contributed by atoms with Crippen molar-refractivity contribution in [3.05, 3.63) is 101 Å². The molecule has 1 N–H and O–H groups in total. The van der Waals surface area contributed by atoms with Crippen LogP contribution in [0.3, 0.4) is 0 Å². The zero-order chi connectivity index (χ0) is 29.7. The largest absolute Gasteiger partial charge is 0.488 e. The Hall–Kier alpha value is -3.80. The van der Waals surface area contributed by atoms with Crippen molar-refractivity contribution in [2.24, 2.45) is 5.92 Å². The van der Waals surface area contributed by atoms with Crippen LogP contribution in [-0.4, -0.2) is 36.5 Å². The topological polar surface area (TPSA) is 99.6 Å². The molecule has 0 amide bonds. The molecule has 42 heavy (non-hydrogen) atoms. The van der Waals surface area contributed by atoms with E-state index in [-0.39, 0.29) is 31.6 Å². The van der Waals surface area contributed by atoms with E-state index in [0.717, 1.165) is 32.2 Å². The van der Waals surface area contributed by atoms with Gasteiger partial charge in [-0.3, -0.25) is 0 Å². The average molecular weight is 655 g/mol. The highest BCUT2D eigenvalue weighted by Crippen LogP contribution is 2.38. The Morgan fingerprint density at radius 1 is 1.14 bits per heavy atom. The normalized spacial score (nSPS) is 16.0. The Labute approximate surface area is 253 Å². The quantitative estimate of drug-likeness (QED) is 0.178. The van der Waals surface area contributed by atoms with Crippen molar-refractivity contribution >= 4 is 53.5 Å². The number of aromatic nitrogens is 2. The maximum absolute atomic E-state index is 13.5. The molecule has 11 heteroatoms. The molecule has 0 spiro atoms. The van der Waals surface area contributed by atoms with E-state index in [1.165, 1.54) is 18.5 Å². The lowest BCUT2D eigenvalue weighted by atomic mass is 9.91. The minimum atomic E-state index is -2.31. The smallest absolute Gasteiger partial charge is 0.215 e. The van der Waals surface area contributed by atoms with Crippen LogP contribution in [0.1, 0.15) is 31.4 Å². The predicted molar refractivity (Wildman–Crippen MR) is 164 cm³/mol. The molecule has 1 unspecified atom stereocenters. The van der Waals surface area contributed by atoms with Crippen molar-refractivity contribution in [1.29, 1.82) is 0 Å². The Morgan fingerprint density at radius 2 is 2.00 bits per heavy atom. The molecule has 8 nitrogen and oxygen atoms in total. The number of hydrogen-bond acceptors (Lipinski definition) is 8. The van der Waals surface area contributed by atoms with Crippen molar-refractivity contribution in [2.45, 2.75) is 32.5 Å². The second kappa shape index (κ2) is 13.0. The highest BCUT2D eigenvalue weighted by Gasteiger charge is 2.36. The minimum Gasteiger partial charge on any atom is -0.488 e. The predicted octanol–water partition coefficient (Wildman–Crippen LogP) is 6.71. The summed E-state index contributed by atoms with van der Waals surface area (Å²) in [6.45, 7) is 4.04. The summed E-state index contributed by atoms with van der Waals surface area (Å²) >= 11 is 3.56. The van der Waals surface area contributed by atoms with Gasteiger partial charge in [-0.25, -0.2) is 14.4 Å². The summed E-state index contributed by atoms with van der Waals surface area (Å²) in [4.78, 5) is 9.22.